The molecule has 0 N–H and O–H groups in total. The minimum atomic E-state index is 0.422. The van der Waals surface area contributed by atoms with Crippen molar-refractivity contribution in [2.45, 2.75) is 6.92 Å². The van der Waals surface area contributed by atoms with Gasteiger partial charge in [-0.3, -0.25) is 0 Å². The second-order valence-electron chi connectivity index (χ2n) is 3.74. The van der Waals surface area contributed by atoms with Crippen LogP contribution in [0.1, 0.15) is 5.76 Å². The molecule has 2 heterocycles. The van der Waals surface area contributed by atoms with Gasteiger partial charge in [0.15, 0.2) is 0 Å². The normalized spacial score (nSPS) is 10.9. The van der Waals surface area contributed by atoms with Gasteiger partial charge in [-0.2, -0.15) is 0 Å². The summed E-state index contributed by atoms with van der Waals surface area (Å²) in [6.45, 7) is 1.90. The lowest BCUT2D eigenvalue weighted by Gasteiger charge is -2.00. The maximum Gasteiger partial charge on any atom is 0.231 e. The van der Waals surface area contributed by atoms with Gasteiger partial charge in [-0.25, -0.2) is 9.97 Å². The molecule has 0 aliphatic carbocycles. The van der Waals surface area contributed by atoms with Crippen molar-refractivity contribution in [2.75, 3.05) is 0 Å². The van der Waals surface area contributed by atoms with Crippen molar-refractivity contribution >= 4 is 22.7 Å². The molecule has 3 rings (SSSR count). The number of benzene rings is 1. The molecule has 0 spiro atoms. The Labute approximate surface area is 103 Å². The first-order valence-electron chi connectivity index (χ1n) is 5.22. The Kier molecular flexibility index (Phi) is 2.34. The average Bonchev–Trinajstić information content (AvgIpc) is 2.68. The van der Waals surface area contributed by atoms with Crippen LogP contribution in [-0.2, 0) is 0 Å². The van der Waals surface area contributed by atoms with Crippen molar-refractivity contribution in [3.05, 3.63) is 47.6 Å². The Morgan fingerprint density at radius 3 is 2.65 bits per heavy atom. The molecule has 84 valence electrons. The summed E-state index contributed by atoms with van der Waals surface area (Å²) in [4.78, 5) is 8.09. The molecular formula is C13H9ClN2O. The van der Waals surface area contributed by atoms with Crippen molar-refractivity contribution in [1.82, 2.24) is 9.97 Å². The minimum Gasteiger partial charge on any atom is -0.442 e. The lowest BCUT2D eigenvalue weighted by molar-refractivity contribution is 0.568. The van der Waals surface area contributed by atoms with Crippen LogP contribution in [0.5, 0.6) is 0 Å². The molecule has 4 heteroatoms. The molecule has 0 amide bonds. The summed E-state index contributed by atoms with van der Waals surface area (Å²) >= 11 is 6.11. The summed E-state index contributed by atoms with van der Waals surface area (Å²) in [7, 11) is 0. The fourth-order valence-corrected chi connectivity index (χ4v) is 2.18. The van der Waals surface area contributed by atoms with E-state index in [0.717, 1.165) is 22.3 Å². The summed E-state index contributed by atoms with van der Waals surface area (Å²) in [6.07, 6.45) is 1.41. The second-order valence-corrected chi connectivity index (χ2v) is 4.10. The first-order chi connectivity index (χ1) is 8.27. The second kappa shape index (κ2) is 3.86. The lowest BCUT2D eigenvalue weighted by atomic mass is 10.0. The van der Waals surface area contributed by atoms with Gasteiger partial charge in [0.2, 0.25) is 5.71 Å². The minimum absolute atomic E-state index is 0.422. The molecule has 0 aliphatic rings. The number of hydrogen-bond acceptors (Lipinski definition) is 3. The standard InChI is InChI=1S/C13H9ClN2O/c1-8-10(9-5-3-2-4-6-9)11-12(14)15-7-16-13(11)17-8/h2-7H,1H3. The molecule has 0 aliphatic heterocycles. The van der Waals surface area contributed by atoms with Crippen molar-refractivity contribution < 1.29 is 4.42 Å². The summed E-state index contributed by atoms with van der Waals surface area (Å²) < 4.78 is 5.60. The van der Waals surface area contributed by atoms with E-state index in [9.17, 15) is 0 Å². The fraction of sp³-hybridized carbons (Fsp3) is 0.0769. The zero-order chi connectivity index (χ0) is 11.8. The molecule has 0 atom stereocenters. The Hall–Kier alpha value is -1.87. The number of nitrogens with zero attached hydrogens (tertiary/aromatic N) is 2. The first kappa shape index (κ1) is 10.3. The third kappa shape index (κ3) is 1.59. The van der Waals surface area contributed by atoms with Gasteiger partial charge in [-0.15, -0.1) is 0 Å². The highest BCUT2D eigenvalue weighted by molar-refractivity contribution is 6.35. The van der Waals surface area contributed by atoms with Gasteiger partial charge < -0.3 is 4.42 Å². The predicted molar refractivity (Wildman–Crippen MR) is 67.0 cm³/mol. The Morgan fingerprint density at radius 2 is 1.88 bits per heavy atom. The number of hydrogen-bond donors (Lipinski definition) is 0. The van der Waals surface area contributed by atoms with E-state index < -0.39 is 0 Å². The molecule has 0 fully saturated rings. The van der Waals surface area contributed by atoms with Crippen LogP contribution in [0.15, 0.2) is 41.1 Å². The molecule has 3 aromatic rings. The van der Waals surface area contributed by atoms with Gasteiger partial charge in [-0.05, 0) is 12.5 Å². The highest BCUT2D eigenvalue weighted by Gasteiger charge is 2.16. The third-order valence-corrected chi connectivity index (χ3v) is 2.97. The van der Waals surface area contributed by atoms with E-state index in [1.54, 1.807) is 0 Å². The summed E-state index contributed by atoms with van der Waals surface area (Å²) in [5, 5.41) is 1.20. The van der Waals surface area contributed by atoms with Crippen molar-refractivity contribution in [1.29, 1.82) is 0 Å². The van der Waals surface area contributed by atoms with Gasteiger partial charge in [-0.1, -0.05) is 41.9 Å². The maximum absolute atomic E-state index is 6.11. The van der Waals surface area contributed by atoms with E-state index in [-0.39, 0.29) is 0 Å². The topological polar surface area (TPSA) is 38.9 Å². The molecule has 2 aromatic heterocycles. The predicted octanol–water partition coefficient (Wildman–Crippen LogP) is 3.85. The van der Waals surface area contributed by atoms with Crippen LogP contribution in [-0.4, -0.2) is 9.97 Å². The van der Waals surface area contributed by atoms with E-state index in [4.69, 9.17) is 16.0 Å². The van der Waals surface area contributed by atoms with Crippen LogP contribution >= 0.6 is 11.6 Å². The van der Waals surface area contributed by atoms with Crippen LogP contribution in [0.4, 0.5) is 0 Å². The number of aryl methyl sites for hydroxylation is 1. The summed E-state index contributed by atoms with van der Waals surface area (Å²) in [6, 6.07) is 9.96. The third-order valence-electron chi connectivity index (χ3n) is 2.68. The lowest BCUT2D eigenvalue weighted by Crippen LogP contribution is -1.82. The van der Waals surface area contributed by atoms with Gasteiger partial charge >= 0.3 is 0 Å². The molecule has 0 saturated carbocycles. The molecule has 1 aromatic carbocycles. The zero-order valence-electron chi connectivity index (χ0n) is 9.14. The van der Waals surface area contributed by atoms with Crippen molar-refractivity contribution in [2.24, 2.45) is 0 Å². The fourth-order valence-electron chi connectivity index (χ4n) is 1.96. The van der Waals surface area contributed by atoms with Crippen LogP contribution < -0.4 is 0 Å². The van der Waals surface area contributed by atoms with Crippen molar-refractivity contribution in [3.8, 4) is 11.1 Å². The van der Waals surface area contributed by atoms with Crippen LogP contribution in [0.3, 0.4) is 0 Å². The molecule has 0 unspecified atom stereocenters. The first-order valence-corrected chi connectivity index (χ1v) is 5.60. The van der Waals surface area contributed by atoms with E-state index in [1.807, 2.05) is 37.3 Å². The quantitative estimate of drug-likeness (QED) is 0.611. The largest absolute Gasteiger partial charge is 0.442 e. The summed E-state index contributed by atoms with van der Waals surface area (Å²) in [5.74, 6) is 0.800. The molecule has 0 saturated heterocycles. The molecule has 3 nitrogen and oxygen atoms in total. The number of aromatic nitrogens is 2. The Morgan fingerprint density at radius 1 is 1.12 bits per heavy atom. The molecule has 17 heavy (non-hydrogen) atoms. The molecule has 0 bridgehead atoms. The average molecular weight is 245 g/mol. The smallest absolute Gasteiger partial charge is 0.231 e. The van der Waals surface area contributed by atoms with Crippen molar-refractivity contribution in [3.63, 3.8) is 0 Å². The monoisotopic (exact) mass is 244 g/mol. The van der Waals surface area contributed by atoms with E-state index >= 15 is 0 Å². The SMILES string of the molecule is Cc1oc2ncnc(Cl)c2c1-c1ccccc1. The number of rotatable bonds is 1. The highest BCUT2D eigenvalue weighted by atomic mass is 35.5. The van der Waals surface area contributed by atoms with Gasteiger partial charge in [0.1, 0.15) is 17.2 Å². The molecule has 0 radical (unpaired) electrons. The summed E-state index contributed by atoms with van der Waals surface area (Å²) in [5.41, 5.74) is 2.55. The number of furan rings is 1. The highest BCUT2D eigenvalue weighted by Crippen LogP contribution is 2.36. The zero-order valence-corrected chi connectivity index (χ0v) is 9.90. The maximum atomic E-state index is 6.11. The Bertz CT molecular complexity index is 676. The van der Waals surface area contributed by atoms with Gasteiger partial charge in [0.05, 0.1) is 5.39 Å². The van der Waals surface area contributed by atoms with Gasteiger partial charge in [0.25, 0.3) is 0 Å². The number of fused-ring (bicyclic) bond motifs is 1. The van der Waals surface area contributed by atoms with Crippen LogP contribution in [0.25, 0.3) is 22.2 Å². The van der Waals surface area contributed by atoms with Crippen LogP contribution in [0, 0.1) is 6.92 Å². The van der Waals surface area contributed by atoms with Crippen LogP contribution in [0.2, 0.25) is 5.15 Å². The molecular weight excluding hydrogens is 236 g/mol. The van der Waals surface area contributed by atoms with E-state index in [1.165, 1.54) is 6.33 Å². The van der Waals surface area contributed by atoms with E-state index in [2.05, 4.69) is 9.97 Å². The number of halogens is 1. The Balaban J connectivity index is 2.40. The van der Waals surface area contributed by atoms with E-state index in [0.29, 0.717) is 10.9 Å². The van der Waals surface area contributed by atoms with Gasteiger partial charge in [0, 0.05) is 5.56 Å².